The van der Waals surface area contributed by atoms with Crippen molar-refractivity contribution in [3.63, 3.8) is 0 Å². The molecule has 0 aliphatic carbocycles. The average molecular weight is 412 g/mol. The summed E-state index contributed by atoms with van der Waals surface area (Å²) in [6.07, 6.45) is 3.72. The number of nitrogens with zero attached hydrogens (tertiary/aromatic N) is 2. The van der Waals surface area contributed by atoms with E-state index < -0.39 is 10.4 Å². The molecule has 12 heteroatoms. The molecule has 0 unspecified atom stereocenters. The number of pyridine rings is 2. The molecule has 140 valence electrons. The molecule has 2 heterocycles. The topological polar surface area (TPSA) is 238 Å². The summed E-state index contributed by atoms with van der Waals surface area (Å²) in [6.45, 7) is 4.05. The van der Waals surface area contributed by atoms with Crippen LogP contribution in [0.5, 0.6) is 0 Å². The van der Waals surface area contributed by atoms with Crippen molar-refractivity contribution in [2.75, 3.05) is 0 Å². The number of hydrogen-bond donors (Lipinski definition) is 0. The van der Waals surface area contributed by atoms with E-state index in [1.54, 1.807) is 0 Å². The number of rotatable bonds is 1. The van der Waals surface area contributed by atoms with Gasteiger partial charge in [0.15, 0.2) is 0 Å². The fourth-order valence-electron chi connectivity index (χ4n) is 1.24. The first-order valence-corrected chi connectivity index (χ1v) is 6.61. The molecule has 0 aliphatic rings. The van der Waals surface area contributed by atoms with Gasteiger partial charge in [-0.2, -0.15) is 0 Å². The summed E-state index contributed by atoms with van der Waals surface area (Å²) in [7, 11) is -5.17. The minimum atomic E-state index is -5.17. The van der Waals surface area contributed by atoms with Gasteiger partial charge in [0, 0.05) is 22.8 Å². The van der Waals surface area contributed by atoms with Crippen LogP contribution in [0.3, 0.4) is 0 Å². The molecule has 0 saturated carbocycles. The van der Waals surface area contributed by atoms with Crippen molar-refractivity contribution in [1.82, 2.24) is 9.97 Å². The number of hydrogen-bond acceptors (Lipinski definition) is 6. The molecule has 2 aromatic rings. The minimum Gasteiger partial charge on any atom is -0.759 e. The molecule has 0 amide bonds. The second kappa shape index (κ2) is 15.1. The second-order valence-corrected chi connectivity index (χ2v) is 4.67. The monoisotopic (exact) mass is 412 g/mol. The van der Waals surface area contributed by atoms with Gasteiger partial charge in [0.2, 0.25) is 0 Å². The average Bonchev–Trinajstić information content (AvgIpc) is 2.29. The van der Waals surface area contributed by atoms with Crippen molar-refractivity contribution in [1.29, 1.82) is 0 Å². The van der Waals surface area contributed by atoms with E-state index in [0.717, 1.165) is 11.4 Å². The van der Waals surface area contributed by atoms with Crippen LogP contribution in [0.15, 0.2) is 36.7 Å². The van der Waals surface area contributed by atoms with E-state index in [9.17, 15) is 0 Å². The van der Waals surface area contributed by atoms with Gasteiger partial charge < -0.3 is 31.0 Å². The molecule has 24 heavy (non-hydrogen) atoms. The second-order valence-electron chi connectivity index (χ2n) is 3.85. The maximum Gasteiger partial charge on any atom is 2.00 e. The van der Waals surface area contributed by atoms with Gasteiger partial charge >= 0.3 is 17.1 Å². The van der Waals surface area contributed by atoms with Crippen molar-refractivity contribution >= 4 is 10.4 Å². The molecule has 0 fully saturated rings. The summed E-state index contributed by atoms with van der Waals surface area (Å²) in [6, 6.07) is 8.08. The van der Waals surface area contributed by atoms with Crippen LogP contribution in [0.2, 0.25) is 0 Å². The first-order valence-electron chi connectivity index (χ1n) is 5.28. The summed E-state index contributed by atoms with van der Waals surface area (Å²) in [5.74, 6) is 0. The SMILES string of the molecule is Cc1ccc(-c2ccc(C)cn2)nc1.O=S(=O)([O-])[O-].[Fe+2].[OH3+].[OH3+].[OH3+].[OH3+]. The zero-order valence-corrected chi connectivity index (χ0v) is 15.0. The molecule has 0 saturated heterocycles. The van der Waals surface area contributed by atoms with Crippen LogP contribution in [0.1, 0.15) is 11.1 Å². The Labute approximate surface area is 150 Å². The van der Waals surface area contributed by atoms with Gasteiger partial charge in [-0.3, -0.25) is 18.4 Å². The maximum atomic E-state index is 8.52. The molecule has 2 aromatic heterocycles. The Morgan fingerprint density at radius 1 is 0.750 bits per heavy atom. The van der Waals surface area contributed by atoms with E-state index >= 15 is 0 Å². The Morgan fingerprint density at radius 3 is 1.17 bits per heavy atom. The van der Waals surface area contributed by atoms with Crippen LogP contribution in [0, 0.1) is 13.8 Å². The fraction of sp³-hybridized carbons (Fsp3) is 0.167. The Hall–Kier alpha value is -1.47. The third-order valence-electron chi connectivity index (χ3n) is 2.09. The molecule has 0 aliphatic heterocycles. The van der Waals surface area contributed by atoms with Crippen LogP contribution in [-0.2, 0) is 49.4 Å². The Balaban J connectivity index is -0.000000108. The van der Waals surface area contributed by atoms with Crippen LogP contribution in [0.25, 0.3) is 11.4 Å². The van der Waals surface area contributed by atoms with Crippen molar-refractivity contribution < 1.29 is 56.5 Å². The van der Waals surface area contributed by atoms with Gasteiger partial charge in [-0.25, -0.2) is 0 Å². The van der Waals surface area contributed by atoms with Crippen molar-refractivity contribution in [3.05, 3.63) is 47.8 Å². The minimum absolute atomic E-state index is 0. The quantitative estimate of drug-likeness (QED) is 0.216. The summed E-state index contributed by atoms with van der Waals surface area (Å²) in [5.41, 5.74) is 4.19. The summed E-state index contributed by atoms with van der Waals surface area (Å²) in [5, 5.41) is 0. The maximum absolute atomic E-state index is 8.52. The van der Waals surface area contributed by atoms with Crippen LogP contribution in [0.4, 0.5) is 0 Å². The molecule has 12 N–H and O–H groups in total. The molecule has 0 aromatic carbocycles. The molecule has 0 bridgehead atoms. The molecular weight excluding hydrogens is 388 g/mol. The van der Waals surface area contributed by atoms with Crippen LogP contribution in [-0.4, -0.2) is 27.5 Å². The first kappa shape index (κ1) is 34.0. The third kappa shape index (κ3) is 15.4. The Bertz CT molecular complexity index is 584. The summed E-state index contributed by atoms with van der Waals surface area (Å²) < 4.78 is 34.1. The number of aromatic nitrogens is 2. The van der Waals surface area contributed by atoms with E-state index in [1.165, 1.54) is 11.1 Å². The Kier molecular flexibility index (Phi) is 21.4. The predicted octanol–water partition coefficient (Wildman–Crippen LogP) is -2.27. The van der Waals surface area contributed by atoms with Crippen molar-refractivity contribution in [2.45, 2.75) is 13.8 Å². The van der Waals surface area contributed by atoms with E-state index in [2.05, 4.69) is 9.97 Å². The number of aryl methyl sites for hydroxylation is 2. The third-order valence-corrected chi connectivity index (χ3v) is 2.09. The molecule has 0 spiro atoms. The normalized spacial score (nSPS) is 8.33. The zero-order chi connectivity index (χ0) is 14.5. The zero-order valence-electron chi connectivity index (χ0n) is 13.1. The van der Waals surface area contributed by atoms with Gasteiger partial charge in [-0.1, -0.05) is 12.1 Å². The van der Waals surface area contributed by atoms with Crippen LogP contribution < -0.4 is 0 Å². The molecule has 0 atom stereocenters. The van der Waals surface area contributed by atoms with Gasteiger partial charge in [0.05, 0.1) is 11.4 Å². The van der Waals surface area contributed by atoms with E-state index in [-0.39, 0.29) is 39.0 Å². The summed E-state index contributed by atoms with van der Waals surface area (Å²) >= 11 is 0. The van der Waals surface area contributed by atoms with E-state index in [1.807, 2.05) is 50.5 Å². The van der Waals surface area contributed by atoms with E-state index in [4.69, 9.17) is 17.5 Å². The molecule has 10 nitrogen and oxygen atoms in total. The molecular formula is C12H24FeN2O8S+4. The summed E-state index contributed by atoms with van der Waals surface area (Å²) in [4.78, 5) is 8.63. The van der Waals surface area contributed by atoms with Gasteiger partial charge in [0.25, 0.3) is 0 Å². The largest absolute Gasteiger partial charge is 2.00 e. The van der Waals surface area contributed by atoms with Crippen LogP contribution >= 0.6 is 0 Å². The van der Waals surface area contributed by atoms with Gasteiger partial charge in [-0.05, 0) is 37.1 Å². The molecule has 0 radical (unpaired) electrons. The standard InChI is InChI=1S/C12H12N2.Fe.H2O4S.4H2O/c1-9-3-5-11(13-7-9)12-6-4-10(2)8-14-12;;1-5(2,3)4;;;;/h3-8H,1-2H3;;(H2,1,2,3,4);4*1H2/q;+2;;;;;/p+2. The van der Waals surface area contributed by atoms with Gasteiger partial charge in [-0.15, -0.1) is 0 Å². The fourth-order valence-corrected chi connectivity index (χ4v) is 1.24. The van der Waals surface area contributed by atoms with Crippen molar-refractivity contribution in [3.8, 4) is 11.4 Å². The smallest absolute Gasteiger partial charge is 0.759 e. The van der Waals surface area contributed by atoms with Crippen molar-refractivity contribution in [2.24, 2.45) is 0 Å². The Morgan fingerprint density at radius 2 is 1.00 bits per heavy atom. The predicted molar refractivity (Wildman–Crippen MR) is 86.9 cm³/mol. The first-order chi connectivity index (χ1) is 8.75. The molecule has 2 rings (SSSR count). The van der Waals surface area contributed by atoms with Gasteiger partial charge in [0.1, 0.15) is 0 Å². The van der Waals surface area contributed by atoms with E-state index in [0.29, 0.717) is 0 Å².